The third-order valence-corrected chi connectivity index (χ3v) is 8.01. The first-order valence-electron chi connectivity index (χ1n) is 11.7. The molecule has 1 aliphatic carbocycles. The Morgan fingerprint density at radius 3 is 2.47 bits per heavy atom. The van der Waals surface area contributed by atoms with Gasteiger partial charge in [0.1, 0.15) is 18.3 Å². The minimum absolute atomic E-state index is 0.00670. The Bertz CT molecular complexity index is 638. The van der Waals surface area contributed by atoms with Gasteiger partial charge in [-0.1, -0.05) is 37.8 Å². The molecule has 6 nitrogen and oxygen atoms in total. The van der Waals surface area contributed by atoms with Gasteiger partial charge < -0.3 is 23.7 Å². The molecule has 30 heavy (non-hydrogen) atoms. The monoisotopic (exact) mass is 438 g/mol. The minimum Gasteiger partial charge on any atom is -0.469 e. The smallest absolute Gasteiger partial charge is 0.308 e. The maximum absolute atomic E-state index is 11.8. The van der Waals surface area contributed by atoms with Crippen LogP contribution < -0.4 is 0 Å². The van der Waals surface area contributed by atoms with Crippen molar-refractivity contribution in [2.24, 2.45) is 0 Å². The van der Waals surface area contributed by atoms with Gasteiger partial charge in [0, 0.05) is 12.8 Å². The van der Waals surface area contributed by atoms with Crippen LogP contribution in [0.3, 0.4) is 0 Å². The summed E-state index contributed by atoms with van der Waals surface area (Å²) < 4.78 is 31.1. The Morgan fingerprint density at radius 2 is 1.77 bits per heavy atom. The molecule has 3 aliphatic heterocycles. The Labute approximate surface area is 181 Å². The largest absolute Gasteiger partial charge is 0.469 e. The standard InChI is InChI=1S/C23H38O6Si/c1-25-19(24)15-16-10-11-18-20(26-16)22-21(17(27-18)9-8-14-30(2,3)4)28-23(29-22)12-6-5-7-13-23/h8,14,16-18,20-22H,5-7,9-13,15H2,1-4H3/b14-8+/t16-,17+,18+,20+,21-,22+/m1/s1. The molecule has 0 aromatic rings. The number of ether oxygens (including phenoxy) is 5. The maximum Gasteiger partial charge on any atom is 0.308 e. The highest BCUT2D eigenvalue weighted by atomic mass is 28.3. The fourth-order valence-corrected chi connectivity index (χ4v) is 6.16. The van der Waals surface area contributed by atoms with Crippen molar-refractivity contribution in [1.29, 1.82) is 0 Å². The third-order valence-electron chi connectivity index (χ3n) is 6.78. The lowest BCUT2D eigenvalue weighted by atomic mass is 9.88. The number of methoxy groups -OCH3 is 1. The number of hydrogen-bond donors (Lipinski definition) is 0. The van der Waals surface area contributed by atoms with Crippen LogP contribution in [0.15, 0.2) is 11.8 Å². The van der Waals surface area contributed by atoms with E-state index in [4.69, 9.17) is 23.7 Å². The second kappa shape index (κ2) is 9.02. The van der Waals surface area contributed by atoms with Crippen LogP contribution >= 0.6 is 0 Å². The van der Waals surface area contributed by atoms with Crippen LogP contribution in [0.5, 0.6) is 0 Å². The lowest BCUT2D eigenvalue weighted by Gasteiger charge is -2.46. The summed E-state index contributed by atoms with van der Waals surface area (Å²) in [4.78, 5) is 11.8. The van der Waals surface area contributed by atoms with Crippen LogP contribution in [-0.2, 0) is 28.5 Å². The molecule has 0 amide bonds. The van der Waals surface area contributed by atoms with Gasteiger partial charge in [-0.2, -0.15) is 0 Å². The topological polar surface area (TPSA) is 63.2 Å². The average Bonchev–Trinajstić information content (AvgIpc) is 3.07. The first-order chi connectivity index (χ1) is 14.3. The first-order valence-corrected chi connectivity index (χ1v) is 15.3. The molecular weight excluding hydrogens is 400 g/mol. The molecule has 1 saturated carbocycles. The zero-order valence-electron chi connectivity index (χ0n) is 18.9. The van der Waals surface area contributed by atoms with Gasteiger partial charge in [-0.25, -0.2) is 0 Å². The molecule has 3 saturated heterocycles. The highest BCUT2D eigenvalue weighted by molar-refractivity contribution is 6.80. The van der Waals surface area contributed by atoms with E-state index in [0.717, 1.165) is 44.9 Å². The van der Waals surface area contributed by atoms with Crippen molar-refractivity contribution in [3.63, 3.8) is 0 Å². The molecule has 0 bridgehead atoms. The molecule has 4 fully saturated rings. The Kier molecular flexibility index (Phi) is 6.75. The number of carbonyl (C=O) groups is 1. The summed E-state index contributed by atoms with van der Waals surface area (Å²) in [7, 11) is 0.170. The summed E-state index contributed by atoms with van der Waals surface area (Å²) in [6.07, 6.45) is 9.91. The van der Waals surface area contributed by atoms with Gasteiger partial charge in [-0.05, 0) is 32.1 Å². The molecular formula is C23H38O6Si. The second-order valence-electron chi connectivity index (χ2n) is 10.4. The van der Waals surface area contributed by atoms with E-state index in [1.807, 2.05) is 0 Å². The van der Waals surface area contributed by atoms with Gasteiger partial charge in [0.2, 0.25) is 0 Å². The van der Waals surface area contributed by atoms with Crippen LogP contribution in [0.2, 0.25) is 19.6 Å². The molecule has 0 aromatic carbocycles. The van der Waals surface area contributed by atoms with Crippen LogP contribution in [-0.4, -0.2) is 63.6 Å². The van der Waals surface area contributed by atoms with Crippen molar-refractivity contribution in [3.8, 4) is 0 Å². The van der Waals surface area contributed by atoms with Crippen molar-refractivity contribution < 1.29 is 28.5 Å². The molecule has 6 atom stereocenters. The zero-order chi connectivity index (χ0) is 21.4. The molecule has 3 heterocycles. The average molecular weight is 439 g/mol. The summed E-state index contributed by atoms with van der Waals surface area (Å²) in [5.74, 6) is -0.709. The predicted molar refractivity (Wildman–Crippen MR) is 116 cm³/mol. The van der Waals surface area contributed by atoms with E-state index in [-0.39, 0.29) is 49.0 Å². The summed E-state index contributed by atoms with van der Waals surface area (Å²) >= 11 is 0. The Morgan fingerprint density at radius 1 is 1.03 bits per heavy atom. The fourth-order valence-electron chi connectivity index (χ4n) is 5.32. The van der Waals surface area contributed by atoms with Crippen LogP contribution in [0.1, 0.15) is 57.8 Å². The van der Waals surface area contributed by atoms with Crippen molar-refractivity contribution in [1.82, 2.24) is 0 Å². The molecule has 0 radical (unpaired) electrons. The third kappa shape index (κ3) is 5.01. The van der Waals surface area contributed by atoms with Gasteiger partial charge in [0.05, 0.1) is 39.9 Å². The van der Waals surface area contributed by atoms with E-state index in [0.29, 0.717) is 0 Å². The van der Waals surface area contributed by atoms with E-state index in [1.165, 1.54) is 13.5 Å². The summed E-state index contributed by atoms with van der Waals surface area (Å²) in [5.41, 5.74) is 2.38. The zero-order valence-corrected chi connectivity index (χ0v) is 19.9. The van der Waals surface area contributed by atoms with E-state index in [2.05, 4.69) is 31.4 Å². The maximum atomic E-state index is 11.8. The Balaban J connectivity index is 1.51. The summed E-state index contributed by atoms with van der Waals surface area (Å²) in [6.45, 7) is 7.02. The van der Waals surface area contributed by atoms with Crippen LogP contribution in [0, 0.1) is 0 Å². The highest BCUT2D eigenvalue weighted by Gasteiger charge is 2.59. The predicted octanol–water partition coefficient (Wildman–Crippen LogP) is 4.13. The second-order valence-corrected chi connectivity index (χ2v) is 15.5. The first kappa shape index (κ1) is 22.5. The van der Waals surface area contributed by atoms with E-state index in [9.17, 15) is 4.79 Å². The van der Waals surface area contributed by atoms with Gasteiger partial charge in [0.15, 0.2) is 5.79 Å². The lowest BCUT2D eigenvalue weighted by Crippen LogP contribution is -2.59. The molecule has 7 heteroatoms. The number of carbonyl (C=O) groups excluding carboxylic acids is 1. The molecule has 1 spiro atoms. The van der Waals surface area contributed by atoms with Crippen molar-refractivity contribution >= 4 is 14.0 Å². The molecule has 0 aromatic heterocycles. The van der Waals surface area contributed by atoms with Crippen LogP contribution in [0.4, 0.5) is 0 Å². The lowest BCUT2D eigenvalue weighted by molar-refractivity contribution is -0.239. The minimum atomic E-state index is -1.25. The highest BCUT2D eigenvalue weighted by Crippen LogP contribution is 2.47. The number of fused-ring (bicyclic) bond motifs is 3. The Hall–Kier alpha value is -0.733. The number of hydrogen-bond acceptors (Lipinski definition) is 6. The van der Waals surface area contributed by atoms with Gasteiger partial charge in [-0.15, -0.1) is 0 Å². The van der Waals surface area contributed by atoms with Crippen molar-refractivity contribution in [2.45, 2.75) is 120 Å². The molecule has 0 unspecified atom stereocenters. The van der Waals surface area contributed by atoms with Crippen molar-refractivity contribution in [2.75, 3.05) is 7.11 Å². The van der Waals surface area contributed by atoms with Crippen molar-refractivity contribution in [3.05, 3.63) is 11.8 Å². The SMILES string of the molecule is COC(=O)C[C@H]1CC[C@@H]2O[C@@H](C/C=C/[Si](C)(C)C)[C@H]3OC4(CCCCC4)O[C@H]3[C@H]2O1. The normalized spacial score (nSPS) is 38.4. The van der Waals surface area contributed by atoms with E-state index in [1.54, 1.807) is 0 Å². The number of esters is 1. The number of rotatable bonds is 5. The molecule has 4 rings (SSSR count). The van der Waals surface area contributed by atoms with Gasteiger partial charge in [-0.3, -0.25) is 4.79 Å². The van der Waals surface area contributed by atoms with E-state index < -0.39 is 13.9 Å². The van der Waals surface area contributed by atoms with Gasteiger partial charge >= 0.3 is 5.97 Å². The molecule has 4 aliphatic rings. The quantitative estimate of drug-likeness (QED) is 0.475. The van der Waals surface area contributed by atoms with Crippen LogP contribution in [0.25, 0.3) is 0 Å². The van der Waals surface area contributed by atoms with E-state index >= 15 is 0 Å². The molecule has 0 N–H and O–H groups in total. The van der Waals surface area contributed by atoms with Gasteiger partial charge in [0.25, 0.3) is 0 Å². The fraction of sp³-hybridized carbons (Fsp3) is 0.870. The summed E-state index contributed by atoms with van der Waals surface area (Å²) in [6, 6.07) is 0. The molecule has 170 valence electrons. The summed E-state index contributed by atoms with van der Waals surface area (Å²) in [5, 5.41) is 0.